The zero-order chi connectivity index (χ0) is 13.8. The van der Waals surface area contributed by atoms with Crippen LogP contribution < -0.4 is 5.73 Å². The van der Waals surface area contributed by atoms with Crippen molar-refractivity contribution in [2.24, 2.45) is 5.73 Å². The molecule has 0 saturated heterocycles. The van der Waals surface area contributed by atoms with Crippen molar-refractivity contribution in [3.05, 3.63) is 59.4 Å². The van der Waals surface area contributed by atoms with Crippen LogP contribution in [0.2, 0.25) is 0 Å². The van der Waals surface area contributed by atoms with E-state index in [0.29, 0.717) is 18.5 Å². The average Bonchev–Trinajstić information content (AvgIpc) is 2.39. The van der Waals surface area contributed by atoms with Crippen LogP contribution >= 0.6 is 0 Å². The zero-order valence-electron chi connectivity index (χ0n) is 10.2. The van der Waals surface area contributed by atoms with Gasteiger partial charge < -0.3 is 15.7 Å². The van der Waals surface area contributed by atoms with Crippen molar-refractivity contribution in [1.82, 2.24) is 4.90 Å². The van der Waals surface area contributed by atoms with Gasteiger partial charge in [-0.1, -0.05) is 18.2 Å². The molecule has 3 N–H and O–H groups in total. The molecule has 1 aromatic rings. The molecule has 0 radical (unpaired) electrons. The van der Waals surface area contributed by atoms with Gasteiger partial charge in [-0.05, 0) is 24.1 Å². The van der Waals surface area contributed by atoms with Gasteiger partial charge >= 0.3 is 5.97 Å². The molecule has 5 nitrogen and oxygen atoms in total. The third kappa shape index (κ3) is 3.22. The highest BCUT2D eigenvalue weighted by Crippen LogP contribution is 2.15. The Labute approximate surface area is 110 Å². The van der Waals surface area contributed by atoms with Crippen molar-refractivity contribution >= 4 is 11.9 Å². The highest BCUT2D eigenvalue weighted by molar-refractivity contribution is 5.92. The van der Waals surface area contributed by atoms with E-state index in [4.69, 9.17) is 10.8 Å². The van der Waals surface area contributed by atoms with E-state index in [-0.39, 0.29) is 5.56 Å². The molecule has 98 valence electrons. The number of primary amides is 1. The number of nitrogens with two attached hydrogens (primary N) is 1. The molecule has 0 aromatic heterocycles. The van der Waals surface area contributed by atoms with E-state index < -0.39 is 11.9 Å². The normalized spacial score (nSPS) is 14.1. The average molecular weight is 258 g/mol. The first-order valence-electron chi connectivity index (χ1n) is 5.81. The highest BCUT2D eigenvalue weighted by Gasteiger charge is 2.10. The number of carboxylic acids is 1. The van der Waals surface area contributed by atoms with Crippen LogP contribution in [0.15, 0.2) is 48.3 Å². The van der Waals surface area contributed by atoms with Crippen molar-refractivity contribution < 1.29 is 14.7 Å². The number of benzene rings is 1. The Bertz CT molecular complexity index is 559. The van der Waals surface area contributed by atoms with Crippen LogP contribution in [0.25, 0.3) is 0 Å². The Hall–Kier alpha value is -2.56. The summed E-state index contributed by atoms with van der Waals surface area (Å²) in [6.45, 7) is 0.563. The third-order valence-electron chi connectivity index (χ3n) is 2.84. The standard InChI is InChI=1S/C14H14N2O3/c15-13(17)12-2-1-7-16(9-12)8-10-3-5-11(6-4-10)14(18)19/h1,3-7,9H,2,8H2,(H2,15,17)(H,18,19). The molecule has 1 aromatic carbocycles. The van der Waals surface area contributed by atoms with Crippen LogP contribution in [-0.4, -0.2) is 21.9 Å². The second-order valence-electron chi connectivity index (χ2n) is 4.28. The predicted molar refractivity (Wildman–Crippen MR) is 70.0 cm³/mol. The van der Waals surface area contributed by atoms with Gasteiger partial charge in [0.1, 0.15) is 0 Å². The summed E-state index contributed by atoms with van der Waals surface area (Å²) in [5.41, 5.74) is 7.01. The molecule has 0 aliphatic carbocycles. The van der Waals surface area contributed by atoms with Crippen molar-refractivity contribution in [3.8, 4) is 0 Å². The van der Waals surface area contributed by atoms with E-state index in [9.17, 15) is 9.59 Å². The summed E-state index contributed by atoms with van der Waals surface area (Å²) >= 11 is 0. The van der Waals surface area contributed by atoms with Gasteiger partial charge in [-0.15, -0.1) is 0 Å². The van der Waals surface area contributed by atoms with Crippen LogP contribution in [0.1, 0.15) is 22.3 Å². The maximum Gasteiger partial charge on any atom is 0.335 e. The van der Waals surface area contributed by atoms with Crippen LogP contribution in [-0.2, 0) is 11.3 Å². The number of carbonyl (C=O) groups is 2. The van der Waals surface area contributed by atoms with E-state index in [0.717, 1.165) is 5.56 Å². The molecular formula is C14H14N2O3. The number of aromatic carboxylic acids is 1. The Kier molecular flexibility index (Phi) is 3.66. The minimum Gasteiger partial charge on any atom is -0.478 e. The summed E-state index contributed by atoms with van der Waals surface area (Å²) in [6, 6.07) is 6.63. The van der Waals surface area contributed by atoms with Gasteiger partial charge in [-0.3, -0.25) is 4.79 Å². The molecule has 1 aliphatic heterocycles. The van der Waals surface area contributed by atoms with Gasteiger partial charge in [-0.25, -0.2) is 4.79 Å². The molecule has 0 unspecified atom stereocenters. The van der Waals surface area contributed by atoms with Gasteiger partial charge in [0, 0.05) is 24.5 Å². The lowest BCUT2D eigenvalue weighted by Crippen LogP contribution is -2.20. The summed E-state index contributed by atoms with van der Waals surface area (Å²) < 4.78 is 0. The summed E-state index contributed by atoms with van der Waals surface area (Å²) in [4.78, 5) is 23.7. The fourth-order valence-corrected chi connectivity index (χ4v) is 1.84. The molecule has 5 heteroatoms. The monoisotopic (exact) mass is 258 g/mol. The number of hydrogen-bond acceptors (Lipinski definition) is 3. The SMILES string of the molecule is NC(=O)C1=CN(Cc2ccc(C(=O)O)cc2)C=CC1. The zero-order valence-corrected chi connectivity index (χ0v) is 10.2. The number of carbonyl (C=O) groups excluding carboxylic acids is 1. The number of amides is 1. The van der Waals surface area contributed by atoms with Crippen molar-refractivity contribution in [2.75, 3.05) is 0 Å². The molecule has 2 rings (SSSR count). The topological polar surface area (TPSA) is 83.6 Å². The van der Waals surface area contributed by atoms with Gasteiger partial charge in [-0.2, -0.15) is 0 Å². The summed E-state index contributed by atoms with van der Waals surface area (Å²) in [6.07, 6.45) is 6.00. The summed E-state index contributed by atoms with van der Waals surface area (Å²) in [5.74, 6) is -1.36. The van der Waals surface area contributed by atoms with Gasteiger partial charge in [0.25, 0.3) is 0 Å². The maximum atomic E-state index is 11.1. The first-order chi connectivity index (χ1) is 9.06. The Balaban J connectivity index is 2.08. The Morgan fingerprint density at radius 2 is 1.95 bits per heavy atom. The summed E-state index contributed by atoms with van der Waals surface area (Å²) in [5, 5.41) is 8.81. The van der Waals surface area contributed by atoms with Gasteiger partial charge in [0.2, 0.25) is 5.91 Å². The molecule has 0 saturated carbocycles. The van der Waals surface area contributed by atoms with Gasteiger partial charge in [0.15, 0.2) is 0 Å². The molecule has 19 heavy (non-hydrogen) atoms. The first-order valence-corrected chi connectivity index (χ1v) is 5.81. The first kappa shape index (κ1) is 12.9. The van der Waals surface area contributed by atoms with E-state index in [1.165, 1.54) is 0 Å². The lowest BCUT2D eigenvalue weighted by atomic mass is 10.1. The molecule has 1 heterocycles. The highest BCUT2D eigenvalue weighted by atomic mass is 16.4. The molecular weight excluding hydrogens is 244 g/mol. The lowest BCUT2D eigenvalue weighted by molar-refractivity contribution is -0.114. The maximum absolute atomic E-state index is 11.1. The Morgan fingerprint density at radius 3 is 2.53 bits per heavy atom. The van der Waals surface area contributed by atoms with Crippen LogP contribution in [0.3, 0.4) is 0 Å². The quantitative estimate of drug-likeness (QED) is 0.856. The minimum atomic E-state index is -0.944. The molecule has 1 aliphatic rings. The van der Waals surface area contributed by atoms with E-state index in [1.807, 2.05) is 17.2 Å². The van der Waals surface area contributed by atoms with Crippen LogP contribution in [0, 0.1) is 0 Å². The number of allylic oxidation sites excluding steroid dienone is 1. The largest absolute Gasteiger partial charge is 0.478 e. The number of hydrogen-bond donors (Lipinski definition) is 2. The summed E-state index contributed by atoms with van der Waals surface area (Å²) in [7, 11) is 0. The Morgan fingerprint density at radius 1 is 1.26 bits per heavy atom. The van der Waals surface area contributed by atoms with E-state index >= 15 is 0 Å². The molecule has 0 fully saturated rings. The van der Waals surface area contributed by atoms with Crippen molar-refractivity contribution in [2.45, 2.75) is 13.0 Å². The lowest BCUT2D eigenvalue weighted by Gasteiger charge is -2.20. The second-order valence-corrected chi connectivity index (χ2v) is 4.28. The number of nitrogens with zero attached hydrogens (tertiary/aromatic N) is 1. The second kappa shape index (κ2) is 5.39. The molecule has 0 spiro atoms. The van der Waals surface area contributed by atoms with Crippen LogP contribution in [0.5, 0.6) is 0 Å². The molecule has 1 amide bonds. The van der Waals surface area contributed by atoms with Crippen molar-refractivity contribution in [1.29, 1.82) is 0 Å². The van der Waals surface area contributed by atoms with Crippen molar-refractivity contribution in [3.63, 3.8) is 0 Å². The molecule has 0 atom stereocenters. The molecule has 0 bridgehead atoms. The number of carboxylic acid groups (broad SMARTS) is 1. The minimum absolute atomic E-state index is 0.256. The third-order valence-corrected chi connectivity index (χ3v) is 2.84. The predicted octanol–water partition coefficient (Wildman–Crippen LogP) is 1.47. The van der Waals surface area contributed by atoms with E-state index in [1.54, 1.807) is 30.5 Å². The fraction of sp³-hybridized carbons (Fsp3) is 0.143. The van der Waals surface area contributed by atoms with E-state index in [2.05, 4.69) is 0 Å². The smallest absolute Gasteiger partial charge is 0.335 e. The van der Waals surface area contributed by atoms with Crippen LogP contribution in [0.4, 0.5) is 0 Å². The van der Waals surface area contributed by atoms with Gasteiger partial charge in [0.05, 0.1) is 5.56 Å². The fourth-order valence-electron chi connectivity index (χ4n) is 1.84. The number of rotatable bonds is 4.